The van der Waals surface area contributed by atoms with Crippen LogP contribution >= 0.6 is 0 Å². The number of carbonyl (C=O) groups is 1. The molecule has 5 nitrogen and oxygen atoms in total. The molecule has 4 rings (SSSR count). The number of fused-ring (bicyclic) bond motifs is 1. The number of ether oxygens (including phenoxy) is 1. The van der Waals surface area contributed by atoms with E-state index >= 15 is 0 Å². The summed E-state index contributed by atoms with van der Waals surface area (Å²) >= 11 is 0. The normalized spacial score (nSPS) is 26.5. The lowest BCUT2D eigenvalue weighted by atomic mass is 9.62. The molecule has 1 saturated carbocycles. The summed E-state index contributed by atoms with van der Waals surface area (Å²) in [5.74, 6) is -0.369. The van der Waals surface area contributed by atoms with Gasteiger partial charge in [-0.25, -0.2) is 0 Å². The Morgan fingerprint density at radius 3 is 2.18 bits per heavy atom. The molecule has 1 aliphatic carbocycles. The Morgan fingerprint density at radius 1 is 1.09 bits per heavy atom. The lowest BCUT2D eigenvalue weighted by molar-refractivity contribution is -0.145. The second-order valence-electron chi connectivity index (χ2n) is 10.6. The fraction of sp³-hybridized carbons (Fsp3) is 0.519. The van der Waals surface area contributed by atoms with Crippen molar-refractivity contribution in [2.75, 3.05) is 13.2 Å². The van der Waals surface area contributed by atoms with Crippen LogP contribution in [0.2, 0.25) is 5.04 Å². The van der Waals surface area contributed by atoms with Gasteiger partial charge in [0.25, 0.3) is 8.32 Å². The van der Waals surface area contributed by atoms with E-state index in [0.29, 0.717) is 6.42 Å². The zero-order valence-corrected chi connectivity index (χ0v) is 20.9. The maximum Gasteiger partial charge on any atom is 0.306 e. The summed E-state index contributed by atoms with van der Waals surface area (Å²) in [5.41, 5.74) is -0.725. The molecule has 6 heteroatoms. The molecule has 2 aromatic carbocycles. The molecule has 178 valence electrons. The quantitative estimate of drug-likeness (QED) is 0.483. The number of aliphatic hydroxyl groups excluding tert-OH is 2. The van der Waals surface area contributed by atoms with E-state index in [1.807, 2.05) is 36.4 Å². The average molecular weight is 469 g/mol. The van der Waals surface area contributed by atoms with Gasteiger partial charge in [-0.3, -0.25) is 4.79 Å². The minimum Gasteiger partial charge on any atom is -0.462 e. The molecule has 2 aliphatic rings. The molecule has 0 aromatic heterocycles. The first-order chi connectivity index (χ1) is 15.7. The summed E-state index contributed by atoms with van der Waals surface area (Å²) in [5, 5.41) is 23.3. The summed E-state index contributed by atoms with van der Waals surface area (Å²) < 4.78 is 12.8. The molecule has 33 heavy (non-hydrogen) atoms. The van der Waals surface area contributed by atoms with Crippen LogP contribution in [0.5, 0.6) is 0 Å². The van der Waals surface area contributed by atoms with E-state index in [4.69, 9.17) is 9.16 Å². The Balaban J connectivity index is 1.81. The molecule has 2 aromatic rings. The number of hydrogen-bond donors (Lipinski definition) is 2. The number of aliphatic hydroxyl groups is 2. The first-order valence-electron chi connectivity index (χ1n) is 12.0. The van der Waals surface area contributed by atoms with Gasteiger partial charge in [-0.15, -0.1) is 0 Å². The van der Waals surface area contributed by atoms with Gasteiger partial charge in [0.05, 0.1) is 19.1 Å². The number of carbonyl (C=O) groups excluding carboxylic acids is 1. The van der Waals surface area contributed by atoms with Crippen LogP contribution in [-0.4, -0.2) is 49.9 Å². The van der Waals surface area contributed by atoms with Crippen LogP contribution in [0.25, 0.3) is 0 Å². The molecular formula is C27H36O5Si. The first kappa shape index (κ1) is 24.1. The maximum absolute atomic E-state index is 12.2. The topological polar surface area (TPSA) is 76.0 Å². The molecule has 1 saturated heterocycles. The van der Waals surface area contributed by atoms with Crippen LogP contribution in [-0.2, 0) is 14.0 Å². The van der Waals surface area contributed by atoms with Crippen LogP contribution in [0.1, 0.15) is 46.5 Å². The first-order valence-corrected chi connectivity index (χ1v) is 13.9. The highest BCUT2D eigenvalue weighted by atomic mass is 28.4. The van der Waals surface area contributed by atoms with E-state index in [-0.39, 0.29) is 42.7 Å². The molecule has 0 radical (unpaired) electrons. The largest absolute Gasteiger partial charge is 0.462 e. The van der Waals surface area contributed by atoms with Gasteiger partial charge in [-0.1, -0.05) is 81.4 Å². The summed E-state index contributed by atoms with van der Waals surface area (Å²) in [6.07, 6.45) is 1.41. The predicted molar refractivity (Wildman–Crippen MR) is 131 cm³/mol. The Morgan fingerprint density at radius 2 is 1.67 bits per heavy atom. The van der Waals surface area contributed by atoms with Gasteiger partial charge in [-0.2, -0.15) is 0 Å². The van der Waals surface area contributed by atoms with E-state index in [9.17, 15) is 15.0 Å². The van der Waals surface area contributed by atoms with E-state index in [0.717, 1.165) is 12.8 Å². The third-order valence-electron chi connectivity index (χ3n) is 7.80. The summed E-state index contributed by atoms with van der Waals surface area (Å²) in [7, 11) is -2.82. The predicted octanol–water partition coefficient (Wildman–Crippen LogP) is 3.02. The van der Waals surface area contributed by atoms with Crippen LogP contribution in [0.4, 0.5) is 0 Å². The van der Waals surface area contributed by atoms with Crippen molar-refractivity contribution in [3.8, 4) is 0 Å². The summed E-state index contributed by atoms with van der Waals surface area (Å²) in [6.45, 7) is 6.59. The van der Waals surface area contributed by atoms with Gasteiger partial charge in [0.1, 0.15) is 6.10 Å². The molecule has 1 aliphatic heterocycles. The van der Waals surface area contributed by atoms with Crippen molar-refractivity contribution in [2.45, 2.75) is 63.7 Å². The van der Waals surface area contributed by atoms with E-state index in [1.165, 1.54) is 10.4 Å². The minimum atomic E-state index is -2.82. The highest BCUT2D eigenvalue weighted by Gasteiger charge is 2.58. The lowest BCUT2D eigenvalue weighted by Gasteiger charge is -2.50. The molecule has 4 atom stereocenters. The number of rotatable bonds is 7. The van der Waals surface area contributed by atoms with Crippen LogP contribution in [0.15, 0.2) is 60.7 Å². The number of esters is 1. The van der Waals surface area contributed by atoms with Crippen molar-refractivity contribution in [3.63, 3.8) is 0 Å². The maximum atomic E-state index is 12.2. The van der Waals surface area contributed by atoms with Crippen LogP contribution < -0.4 is 10.4 Å². The van der Waals surface area contributed by atoms with Gasteiger partial charge in [0.2, 0.25) is 0 Å². The fourth-order valence-electron chi connectivity index (χ4n) is 6.14. The second kappa shape index (κ2) is 9.33. The Kier molecular flexibility index (Phi) is 6.83. The SMILES string of the molecule is CC(C)(C)[Si](OC[C@]1([C@H](O)CO)CCC[C@H]2OC(=O)C[C@H]21)(c1ccccc1)c1ccccc1. The van der Waals surface area contributed by atoms with E-state index in [2.05, 4.69) is 45.0 Å². The van der Waals surface area contributed by atoms with Crippen molar-refractivity contribution >= 4 is 24.7 Å². The Bertz CT molecular complexity index is 902. The molecule has 0 amide bonds. The van der Waals surface area contributed by atoms with Crippen LogP contribution in [0, 0.1) is 11.3 Å². The summed E-state index contributed by atoms with van der Waals surface area (Å²) in [4.78, 5) is 12.2. The summed E-state index contributed by atoms with van der Waals surface area (Å²) in [6, 6.07) is 20.8. The van der Waals surface area contributed by atoms with Crippen molar-refractivity contribution in [1.82, 2.24) is 0 Å². The lowest BCUT2D eigenvalue weighted by Crippen LogP contribution is -2.68. The Hall–Kier alpha value is -1.99. The van der Waals surface area contributed by atoms with Gasteiger partial charge in [0, 0.05) is 17.9 Å². The minimum absolute atomic E-state index is 0.154. The molecule has 1 heterocycles. The van der Waals surface area contributed by atoms with Gasteiger partial charge >= 0.3 is 5.97 Å². The van der Waals surface area contributed by atoms with Gasteiger partial charge in [-0.05, 0) is 34.7 Å². The average Bonchev–Trinajstić information content (AvgIpc) is 3.20. The number of hydrogen-bond acceptors (Lipinski definition) is 5. The third kappa shape index (κ3) is 4.18. The number of benzene rings is 2. The smallest absolute Gasteiger partial charge is 0.306 e. The third-order valence-corrected chi connectivity index (χ3v) is 12.8. The second-order valence-corrected chi connectivity index (χ2v) is 14.9. The fourth-order valence-corrected chi connectivity index (χ4v) is 10.8. The van der Waals surface area contributed by atoms with Crippen molar-refractivity contribution in [1.29, 1.82) is 0 Å². The van der Waals surface area contributed by atoms with Gasteiger partial charge < -0.3 is 19.4 Å². The molecule has 0 spiro atoms. The van der Waals surface area contributed by atoms with E-state index in [1.54, 1.807) is 0 Å². The monoisotopic (exact) mass is 468 g/mol. The van der Waals surface area contributed by atoms with Crippen LogP contribution in [0.3, 0.4) is 0 Å². The molecular weight excluding hydrogens is 432 g/mol. The Labute approximate surface area is 197 Å². The highest BCUT2D eigenvalue weighted by Crippen LogP contribution is 2.51. The standard InChI is InChI=1S/C27H36O5Si/c1-26(2,3)33(20-11-6-4-7-12-20,21-13-8-5-9-14-21)31-19-27(24(29)18-28)16-10-15-23-22(27)17-25(30)32-23/h4-9,11-14,22-24,28-29H,10,15-19H2,1-3H3/t22-,23-,24-,27-/m1/s1. The van der Waals surface area contributed by atoms with Crippen molar-refractivity contribution in [3.05, 3.63) is 60.7 Å². The van der Waals surface area contributed by atoms with E-state index < -0.39 is 19.8 Å². The molecule has 0 unspecified atom stereocenters. The highest BCUT2D eigenvalue weighted by molar-refractivity contribution is 6.99. The van der Waals surface area contributed by atoms with Crippen molar-refractivity contribution < 1.29 is 24.2 Å². The zero-order valence-electron chi connectivity index (χ0n) is 19.9. The molecule has 2 N–H and O–H groups in total. The zero-order chi connectivity index (χ0) is 23.7. The molecule has 0 bridgehead atoms. The van der Waals surface area contributed by atoms with Crippen molar-refractivity contribution in [2.24, 2.45) is 11.3 Å². The molecule has 2 fully saturated rings. The van der Waals surface area contributed by atoms with Gasteiger partial charge in [0.15, 0.2) is 0 Å².